The quantitative estimate of drug-likeness (QED) is 0.720. The zero-order valence-electron chi connectivity index (χ0n) is 15.8. The zero-order chi connectivity index (χ0) is 20.8. The van der Waals surface area contributed by atoms with Crippen LogP contribution in [-0.2, 0) is 4.79 Å². The van der Waals surface area contributed by atoms with Gasteiger partial charge in [-0.05, 0) is 12.1 Å². The molecule has 1 aliphatic rings. The highest BCUT2D eigenvalue weighted by atomic mass is 35.5. The smallest absolute Gasteiger partial charge is 0.273 e. The fourth-order valence-corrected chi connectivity index (χ4v) is 3.49. The maximum absolute atomic E-state index is 12.5. The van der Waals surface area contributed by atoms with Crippen molar-refractivity contribution in [3.8, 4) is 5.75 Å². The summed E-state index contributed by atoms with van der Waals surface area (Å²) in [7, 11) is 1.51. The van der Waals surface area contributed by atoms with Crippen molar-refractivity contribution in [1.29, 1.82) is 0 Å². The zero-order valence-corrected chi connectivity index (χ0v) is 17.3. The molecule has 2 aromatic rings. The molecule has 0 atom stereocenters. The van der Waals surface area contributed by atoms with E-state index in [2.05, 4.69) is 20.6 Å². The number of amides is 2. The number of anilines is 1. The van der Waals surface area contributed by atoms with Crippen LogP contribution in [0.3, 0.4) is 0 Å². The van der Waals surface area contributed by atoms with Crippen LogP contribution in [0, 0.1) is 0 Å². The first kappa shape index (κ1) is 21.1. The van der Waals surface area contributed by atoms with Crippen LogP contribution in [0.4, 0.5) is 5.82 Å². The van der Waals surface area contributed by atoms with Gasteiger partial charge in [0.25, 0.3) is 5.91 Å². The van der Waals surface area contributed by atoms with E-state index in [1.165, 1.54) is 19.4 Å². The van der Waals surface area contributed by atoms with Gasteiger partial charge in [0, 0.05) is 45.4 Å². The Morgan fingerprint density at radius 1 is 1.17 bits per heavy atom. The Labute approximate surface area is 178 Å². The van der Waals surface area contributed by atoms with E-state index < -0.39 is 0 Å². The summed E-state index contributed by atoms with van der Waals surface area (Å²) in [6, 6.07) is 5.22. The number of carbonyl (C=O) groups is 2. The molecule has 154 valence electrons. The number of halogens is 2. The van der Waals surface area contributed by atoms with Crippen LogP contribution in [0.1, 0.15) is 23.3 Å². The summed E-state index contributed by atoms with van der Waals surface area (Å²) >= 11 is 12.3. The largest absolute Gasteiger partial charge is 0.487 e. The van der Waals surface area contributed by atoms with E-state index in [-0.39, 0.29) is 36.0 Å². The summed E-state index contributed by atoms with van der Waals surface area (Å²) in [5.41, 5.74) is 0.145. The third-order valence-electron chi connectivity index (χ3n) is 4.55. The number of aromatic nitrogens is 2. The number of likely N-dealkylation sites (tertiary alicyclic amines) is 1. The molecule has 1 fully saturated rings. The first-order valence-electron chi connectivity index (χ1n) is 9.15. The Hall–Kier alpha value is -2.58. The van der Waals surface area contributed by atoms with Gasteiger partial charge in [-0.3, -0.25) is 9.59 Å². The molecule has 1 aromatic heterocycles. The standard InChI is InChI=1S/C19H21Cl2N5O3/c1-22-19(28)16-18(24-8-7-23-16)25-11-15(27)26-9-5-12(6-10-26)29-17-13(20)3-2-4-14(17)21/h2-4,7-8,12H,5-6,9-11H2,1H3,(H,22,28)(H,24,25). The molecule has 1 aromatic carbocycles. The van der Waals surface area contributed by atoms with Crippen molar-refractivity contribution >= 4 is 40.8 Å². The molecule has 0 aliphatic carbocycles. The van der Waals surface area contributed by atoms with Crippen molar-refractivity contribution in [2.45, 2.75) is 18.9 Å². The minimum absolute atomic E-state index is 0.0184. The lowest BCUT2D eigenvalue weighted by Crippen LogP contribution is -2.44. The molecule has 8 nitrogen and oxygen atoms in total. The van der Waals surface area contributed by atoms with Crippen LogP contribution >= 0.6 is 23.2 Å². The van der Waals surface area contributed by atoms with Gasteiger partial charge in [0.05, 0.1) is 16.6 Å². The van der Waals surface area contributed by atoms with Crippen molar-refractivity contribution < 1.29 is 14.3 Å². The van der Waals surface area contributed by atoms with Crippen LogP contribution in [0.5, 0.6) is 5.75 Å². The van der Waals surface area contributed by atoms with E-state index in [0.717, 1.165) is 0 Å². The summed E-state index contributed by atoms with van der Waals surface area (Å²) in [5, 5.41) is 6.33. The number of hydrogen-bond acceptors (Lipinski definition) is 6. The van der Waals surface area contributed by atoms with Crippen molar-refractivity contribution in [2.24, 2.45) is 0 Å². The second kappa shape index (κ2) is 9.76. The van der Waals surface area contributed by atoms with Gasteiger partial charge in [0.1, 0.15) is 6.10 Å². The Bertz CT molecular complexity index is 868. The predicted molar refractivity (Wildman–Crippen MR) is 111 cm³/mol. The molecule has 2 amide bonds. The van der Waals surface area contributed by atoms with E-state index >= 15 is 0 Å². The van der Waals surface area contributed by atoms with Gasteiger partial charge >= 0.3 is 0 Å². The van der Waals surface area contributed by atoms with E-state index in [0.29, 0.717) is 41.7 Å². The van der Waals surface area contributed by atoms with Crippen LogP contribution in [-0.4, -0.2) is 59.5 Å². The molecular weight excluding hydrogens is 417 g/mol. The SMILES string of the molecule is CNC(=O)c1nccnc1NCC(=O)N1CCC(Oc2c(Cl)cccc2Cl)CC1. The third kappa shape index (κ3) is 5.27. The predicted octanol–water partition coefficient (Wildman–Crippen LogP) is 2.62. The fourth-order valence-electron chi connectivity index (χ4n) is 3.01. The Morgan fingerprint density at radius 3 is 2.48 bits per heavy atom. The summed E-state index contributed by atoms with van der Waals surface area (Å²) in [5.74, 6) is 0.287. The number of ether oxygens (including phenoxy) is 1. The lowest BCUT2D eigenvalue weighted by molar-refractivity contribution is -0.131. The molecule has 0 spiro atoms. The molecule has 1 saturated heterocycles. The normalized spacial score (nSPS) is 14.4. The number of benzene rings is 1. The molecule has 10 heteroatoms. The van der Waals surface area contributed by atoms with Crippen LogP contribution in [0.25, 0.3) is 0 Å². The first-order valence-corrected chi connectivity index (χ1v) is 9.90. The average molecular weight is 438 g/mol. The minimum atomic E-state index is -0.371. The molecule has 0 saturated carbocycles. The first-order chi connectivity index (χ1) is 14.0. The van der Waals surface area contributed by atoms with Gasteiger partial charge in [0.2, 0.25) is 5.91 Å². The maximum Gasteiger partial charge on any atom is 0.273 e. The monoisotopic (exact) mass is 437 g/mol. The number of nitrogens with one attached hydrogen (secondary N) is 2. The van der Waals surface area contributed by atoms with Crippen LogP contribution in [0.2, 0.25) is 10.0 Å². The van der Waals surface area contributed by atoms with E-state index in [4.69, 9.17) is 27.9 Å². The molecule has 3 rings (SSSR count). The summed E-state index contributed by atoms with van der Waals surface area (Å²) in [4.78, 5) is 34.2. The molecule has 0 unspecified atom stereocenters. The molecule has 1 aliphatic heterocycles. The number of nitrogens with zero attached hydrogens (tertiary/aromatic N) is 3. The number of carbonyl (C=O) groups excluding carboxylic acids is 2. The Balaban J connectivity index is 1.51. The van der Waals surface area contributed by atoms with Crippen molar-refractivity contribution in [2.75, 3.05) is 32.0 Å². The number of piperidine rings is 1. The maximum atomic E-state index is 12.5. The number of rotatable bonds is 6. The van der Waals surface area contributed by atoms with Crippen molar-refractivity contribution in [1.82, 2.24) is 20.2 Å². The summed E-state index contributed by atoms with van der Waals surface area (Å²) in [6.07, 6.45) is 4.16. The Morgan fingerprint density at radius 2 is 1.83 bits per heavy atom. The third-order valence-corrected chi connectivity index (χ3v) is 5.14. The average Bonchev–Trinajstić information content (AvgIpc) is 2.75. The van der Waals surface area contributed by atoms with Gasteiger partial charge in [-0.1, -0.05) is 29.3 Å². The van der Waals surface area contributed by atoms with E-state index in [9.17, 15) is 9.59 Å². The van der Waals surface area contributed by atoms with Gasteiger partial charge in [-0.2, -0.15) is 0 Å². The topological polar surface area (TPSA) is 96.4 Å². The molecule has 2 heterocycles. The highest BCUT2D eigenvalue weighted by Gasteiger charge is 2.25. The second-order valence-electron chi connectivity index (χ2n) is 6.44. The van der Waals surface area contributed by atoms with Gasteiger partial charge in [-0.25, -0.2) is 9.97 Å². The molecule has 0 bridgehead atoms. The molecule has 0 radical (unpaired) electrons. The van der Waals surface area contributed by atoms with E-state index in [1.54, 1.807) is 23.1 Å². The van der Waals surface area contributed by atoms with Crippen molar-refractivity contribution in [3.05, 3.63) is 46.3 Å². The highest BCUT2D eigenvalue weighted by molar-refractivity contribution is 6.37. The van der Waals surface area contributed by atoms with Gasteiger partial charge in [0.15, 0.2) is 17.3 Å². The summed E-state index contributed by atoms with van der Waals surface area (Å²) in [6.45, 7) is 1.12. The van der Waals surface area contributed by atoms with Crippen LogP contribution in [0.15, 0.2) is 30.6 Å². The fraction of sp³-hybridized carbons (Fsp3) is 0.368. The van der Waals surface area contributed by atoms with Gasteiger partial charge < -0.3 is 20.3 Å². The Kier molecular flexibility index (Phi) is 7.11. The van der Waals surface area contributed by atoms with Gasteiger partial charge in [-0.15, -0.1) is 0 Å². The van der Waals surface area contributed by atoms with Crippen LogP contribution < -0.4 is 15.4 Å². The van der Waals surface area contributed by atoms with Crippen molar-refractivity contribution in [3.63, 3.8) is 0 Å². The lowest BCUT2D eigenvalue weighted by atomic mass is 10.1. The number of para-hydroxylation sites is 1. The molecule has 29 heavy (non-hydrogen) atoms. The number of hydrogen-bond donors (Lipinski definition) is 2. The van der Waals surface area contributed by atoms with E-state index in [1.807, 2.05) is 0 Å². The molecule has 2 N–H and O–H groups in total. The highest BCUT2D eigenvalue weighted by Crippen LogP contribution is 2.34. The lowest BCUT2D eigenvalue weighted by Gasteiger charge is -2.32. The second-order valence-corrected chi connectivity index (χ2v) is 7.25. The minimum Gasteiger partial charge on any atom is -0.487 e. The summed E-state index contributed by atoms with van der Waals surface area (Å²) < 4.78 is 5.95. The molecular formula is C19H21Cl2N5O3.